The van der Waals surface area contributed by atoms with Gasteiger partial charge in [0.15, 0.2) is 0 Å². The van der Waals surface area contributed by atoms with E-state index in [1.54, 1.807) is 30.3 Å². The zero-order chi connectivity index (χ0) is 18.5. The predicted octanol–water partition coefficient (Wildman–Crippen LogP) is 4.29. The number of halogens is 3. The Morgan fingerprint density at radius 2 is 1.62 bits per heavy atom. The Balaban J connectivity index is 1.63. The lowest BCUT2D eigenvalue weighted by molar-refractivity contribution is -0.137. The maximum atomic E-state index is 12.8. The summed E-state index contributed by atoms with van der Waals surface area (Å²) in [4.78, 5) is 28.1. The quantitative estimate of drug-likeness (QED) is 0.732. The first-order chi connectivity index (χ1) is 12.4. The number of anilines is 1. The van der Waals surface area contributed by atoms with Gasteiger partial charge < -0.3 is 0 Å². The molecule has 4 rings (SSSR count). The largest absolute Gasteiger partial charge is 0.416 e. The lowest BCUT2D eigenvalue weighted by Gasteiger charge is -2.23. The van der Waals surface area contributed by atoms with Crippen LogP contribution in [-0.2, 0) is 11.0 Å². The molecular formula is C18H13F3N2O2S. The Labute approximate surface area is 151 Å². The summed E-state index contributed by atoms with van der Waals surface area (Å²) in [5, 5.41) is -0.479. The van der Waals surface area contributed by atoms with Gasteiger partial charge in [-0.1, -0.05) is 30.3 Å². The fraction of sp³-hybridized carbons (Fsp3) is 0.222. The Hall–Kier alpha value is -2.48. The van der Waals surface area contributed by atoms with E-state index < -0.39 is 29.2 Å². The van der Waals surface area contributed by atoms with Gasteiger partial charge in [0.25, 0.3) is 5.91 Å². The highest BCUT2D eigenvalue weighted by Gasteiger charge is 2.53. The number of amides is 3. The molecule has 0 radical (unpaired) electrons. The van der Waals surface area contributed by atoms with Crippen molar-refractivity contribution in [3.05, 3.63) is 65.7 Å². The van der Waals surface area contributed by atoms with Crippen LogP contribution in [0.15, 0.2) is 54.6 Å². The Kier molecular flexibility index (Phi) is 3.95. The number of alkyl halides is 3. The second-order valence-electron chi connectivity index (χ2n) is 6.02. The first kappa shape index (κ1) is 17.0. The second kappa shape index (κ2) is 6.05. The van der Waals surface area contributed by atoms with Crippen LogP contribution in [0.1, 0.15) is 16.5 Å². The summed E-state index contributed by atoms with van der Waals surface area (Å²) in [6.07, 6.45) is -4.41. The summed E-state index contributed by atoms with van der Waals surface area (Å²) in [5.74, 6) is 0.114. The number of rotatable bonds is 2. The van der Waals surface area contributed by atoms with Crippen LogP contribution in [0.3, 0.4) is 0 Å². The molecule has 2 heterocycles. The van der Waals surface area contributed by atoms with Gasteiger partial charge in [0.1, 0.15) is 11.4 Å². The van der Waals surface area contributed by atoms with E-state index in [9.17, 15) is 22.8 Å². The van der Waals surface area contributed by atoms with Crippen molar-refractivity contribution in [3.8, 4) is 0 Å². The third-order valence-corrected chi connectivity index (χ3v) is 5.78. The van der Waals surface area contributed by atoms with Crippen LogP contribution in [0, 0.1) is 0 Å². The summed E-state index contributed by atoms with van der Waals surface area (Å²) < 4.78 is 38.2. The molecule has 2 aromatic carbocycles. The van der Waals surface area contributed by atoms with Crippen LogP contribution in [0.2, 0.25) is 0 Å². The highest BCUT2D eigenvalue weighted by atomic mass is 32.2. The topological polar surface area (TPSA) is 40.6 Å². The Morgan fingerprint density at radius 1 is 0.962 bits per heavy atom. The number of fused-ring (bicyclic) bond motifs is 1. The van der Waals surface area contributed by atoms with E-state index in [-0.39, 0.29) is 5.91 Å². The molecule has 2 aromatic rings. The van der Waals surface area contributed by atoms with Crippen LogP contribution in [-0.4, -0.2) is 28.6 Å². The third kappa shape index (κ3) is 2.65. The minimum absolute atomic E-state index is 0.303. The van der Waals surface area contributed by atoms with E-state index in [1.165, 1.54) is 28.8 Å². The number of nitrogens with zero attached hydrogens (tertiary/aromatic N) is 2. The molecule has 0 N–H and O–H groups in total. The van der Waals surface area contributed by atoms with Gasteiger partial charge in [0, 0.05) is 5.75 Å². The maximum Gasteiger partial charge on any atom is 0.416 e. The summed E-state index contributed by atoms with van der Waals surface area (Å²) >= 11 is 1.38. The number of carbonyl (C=O) groups is 2. The lowest BCUT2D eigenvalue weighted by atomic mass is 10.1. The van der Waals surface area contributed by atoms with Gasteiger partial charge in [-0.15, -0.1) is 11.8 Å². The van der Waals surface area contributed by atoms with Gasteiger partial charge in [-0.25, -0.2) is 9.69 Å². The van der Waals surface area contributed by atoms with Gasteiger partial charge in [-0.3, -0.25) is 9.69 Å². The molecule has 2 saturated heterocycles. The molecule has 0 bridgehead atoms. The van der Waals surface area contributed by atoms with Crippen LogP contribution < -0.4 is 4.90 Å². The monoisotopic (exact) mass is 378 g/mol. The van der Waals surface area contributed by atoms with Gasteiger partial charge in [0.05, 0.1) is 11.3 Å². The van der Waals surface area contributed by atoms with Crippen LogP contribution in [0.5, 0.6) is 0 Å². The van der Waals surface area contributed by atoms with Crippen LogP contribution in [0.25, 0.3) is 0 Å². The molecule has 0 aromatic heterocycles. The van der Waals surface area contributed by atoms with Crippen molar-refractivity contribution in [3.63, 3.8) is 0 Å². The van der Waals surface area contributed by atoms with Crippen molar-refractivity contribution in [1.82, 2.24) is 4.90 Å². The molecule has 2 aliphatic rings. The van der Waals surface area contributed by atoms with Crippen molar-refractivity contribution >= 4 is 29.4 Å². The summed E-state index contributed by atoms with van der Waals surface area (Å²) in [7, 11) is 0. The number of thioether (sulfide) groups is 1. The highest BCUT2D eigenvalue weighted by Crippen LogP contribution is 2.46. The van der Waals surface area contributed by atoms with Crippen molar-refractivity contribution < 1.29 is 22.8 Å². The molecule has 2 fully saturated rings. The molecular weight excluding hydrogens is 365 g/mol. The van der Waals surface area contributed by atoms with Crippen LogP contribution in [0.4, 0.5) is 23.7 Å². The van der Waals surface area contributed by atoms with Crippen molar-refractivity contribution in [2.24, 2.45) is 0 Å². The Bertz CT molecular complexity index is 855. The van der Waals surface area contributed by atoms with Crippen molar-refractivity contribution in [1.29, 1.82) is 0 Å². The van der Waals surface area contributed by atoms with E-state index in [1.807, 2.05) is 0 Å². The first-order valence-electron chi connectivity index (χ1n) is 7.88. The first-order valence-corrected chi connectivity index (χ1v) is 8.93. The summed E-state index contributed by atoms with van der Waals surface area (Å²) in [6, 6.07) is 12.3. The molecule has 26 heavy (non-hydrogen) atoms. The van der Waals surface area contributed by atoms with E-state index in [2.05, 4.69) is 0 Å². The average Bonchev–Trinajstić information content (AvgIpc) is 3.16. The molecule has 2 atom stereocenters. The number of hydrogen-bond acceptors (Lipinski definition) is 3. The van der Waals surface area contributed by atoms with Gasteiger partial charge >= 0.3 is 12.2 Å². The predicted molar refractivity (Wildman–Crippen MR) is 91.6 cm³/mol. The molecule has 2 aliphatic heterocycles. The van der Waals surface area contributed by atoms with E-state index in [0.717, 1.165) is 17.0 Å². The number of hydrogen-bond donors (Lipinski definition) is 0. The Morgan fingerprint density at radius 3 is 2.23 bits per heavy atom. The average molecular weight is 378 g/mol. The fourth-order valence-corrected chi connectivity index (χ4v) is 4.61. The molecule has 3 amide bonds. The SMILES string of the molecule is O=C1[C@H]2CS[C@@H](c3ccc(C(F)(F)F)cc3)N2C(=O)N1c1ccccc1. The van der Waals surface area contributed by atoms with Crippen molar-refractivity contribution in [2.45, 2.75) is 17.6 Å². The minimum Gasteiger partial charge on any atom is -0.295 e. The van der Waals surface area contributed by atoms with Crippen LogP contribution >= 0.6 is 11.8 Å². The van der Waals surface area contributed by atoms with E-state index >= 15 is 0 Å². The molecule has 134 valence electrons. The number of imide groups is 1. The maximum absolute atomic E-state index is 12.8. The second-order valence-corrected chi connectivity index (χ2v) is 7.13. The smallest absolute Gasteiger partial charge is 0.295 e. The van der Waals surface area contributed by atoms with E-state index in [4.69, 9.17) is 0 Å². The summed E-state index contributed by atoms with van der Waals surface area (Å²) in [6.45, 7) is 0. The van der Waals surface area contributed by atoms with Crippen molar-refractivity contribution in [2.75, 3.05) is 10.7 Å². The number of para-hydroxylation sites is 1. The fourth-order valence-electron chi connectivity index (χ4n) is 3.20. The minimum atomic E-state index is -4.41. The number of urea groups is 1. The molecule has 8 heteroatoms. The van der Waals surface area contributed by atoms with Gasteiger partial charge in [0.2, 0.25) is 0 Å². The zero-order valence-electron chi connectivity index (χ0n) is 13.3. The molecule has 0 saturated carbocycles. The third-order valence-electron chi connectivity index (χ3n) is 4.46. The van der Waals surface area contributed by atoms with Gasteiger partial charge in [-0.05, 0) is 29.8 Å². The number of benzene rings is 2. The van der Waals surface area contributed by atoms with Gasteiger partial charge in [-0.2, -0.15) is 13.2 Å². The molecule has 0 aliphatic carbocycles. The van der Waals surface area contributed by atoms with E-state index in [0.29, 0.717) is 17.0 Å². The molecule has 0 unspecified atom stereocenters. The standard InChI is InChI=1S/C18H13F3N2O2S/c19-18(20,21)12-8-6-11(7-9-12)16-23-14(10-26-16)15(24)22(17(23)25)13-4-2-1-3-5-13/h1-9,14,16H,10H2/t14-,16+/m1/s1. The lowest BCUT2D eigenvalue weighted by Crippen LogP contribution is -2.33. The zero-order valence-corrected chi connectivity index (χ0v) is 14.1. The normalized spacial score (nSPS) is 22.9. The molecule has 0 spiro atoms. The summed E-state index contributed by atoms with van der Waals surface area (Å²) in [5.41, 5.74) is 0.324. The highest BCUT2D eigenvalue weighted by molar-refractivity contribution is 7.99. The molecule has 4 nitrogen and oxygen atoms in total. The number of carbonyl (C=O) groups excluding carboxylic acids is 2.